The first-order valence-corrected chi connectivity index (χ1v) is 10.9. The van der Waals surface area contributed by atoms with Crippen LogP contribution in [0, 0.1) is 13.8 Å². The molecule has 32 heavy (non-hydrogen) atoms. The average molecular weight is 451 g/mol. The molecule has 9 heteroatoms. The summed E-state index contributed by atoms with van der Waals surface area (Å²) in [5, 5.41) is 8.73. The number of hydrogen-bond donors (Lipinski definition) is 0. The topological polar surface area (TPSA) is 92.1 Å². The molecule has 0 aliphatic carbocycles. The number of aryl methyl sites for hydroxylation is 1. The predicted octanol–water partition coefficient (Wildman–Crippen LogP) is 4.09. The van der Waals surface area contributed by atoms with Gasteiger partial charge in [-0.25, -0.2) is 4.79 Å². The molecule has 4 rings (SSSR count). The summed E-state index contributed by atoms with van der Waals surface area (Å²) in [5.74, 6) is 0.653. The van der Waals surface area contributed by atoms with Crippen LogP contribution < -0.4 is 0 Å². The number of carbonyl (C=O) groups excluding carboxylic acids is 2. The van der Waals surface area contributed by atoms with Crippen LogP contribution in [0.5, 0.6) is 0 Å². The average Bonchev–Trinajstić information content (AvgIpc) is 3.53. The largest absolute Gasteiger partial charge is 0.467 e. The molecule has 4 aromatic rings. The predicted molar refractivity (Wildman–Crippen MR) is 119 cm³/mol. The Bertz CT molecular complexity index is 1240. The zero-order valence-corrected chi connectivity index (χ0v) is 18.8. The van der Waals surface area contributed by atoms with E-state index >= 15 is 0 Å². The molecule has 0 saturated carbocycles. The number of carbonyl (C=O) groups is 2. The number of ether oxygens (including phenoxy) is 1. The van der Waals surface area contributed by atoms with E-state index in [0.29, 0.717) is 22.8 Å². The lowest BCUT2D eigenvalue weighted by Crippen LogP contribution is -2.07. The summed E-state index contributed by atoms with van der Waals surface area (Å²) in [7, 11) is 1.35. The third-order valence-electron chi connectivity index (χ3n) is 5.10. The van der Waals surface area contributed by atoms with Crippen molar-refractivity contribution in [1.29, 1.82) is 0 Å². The Balaban J connectivity index is 1.49. The Labute approximate surface area is 189 Å². The van der Waals surface area contributed by atoms with E-state index in [1.165, 1.54) is 18.9 Å². The molecule has 8 nitrogen and oxygen atoms in total. The van der Waals surface area contributed by atoms with Gasteiger partial charge in [0.25, 0.3) is 0 Å². The van der Waals surface area contributed by atoms with Gasteiger partial charge in [-0.05, 0) is 56.3 Å². The maximum atomic E-state index is 13.0. The van der Waals surface area contributed by atoms with Crippen molar-refractivity contribution in [3.05, 3.63) is 83.3 Å². The fraction of sp³-hybridized carbons (Fsp3) is 0.217. The van der Waals surface area contributed by atoms with Gasteiger partial charge in [-0.3, -0.25) is 4.79 Å². The number of Topliss-reactive ketones (excluding diaryl/α,β-unsaturated/α-hetero) is 1. The monoisotopic (exact) mass is 450 g/mol. The maximum absolute atomic E-state index is 13.0. The van der Waals surface area contributed by atoms with Gasteiger partial charge in [0.1, 0.15) is 12.1 Å². The summed E-state index contributed by atoms with van der Waals surface area (Å²) >= 11 is 1.34. The number of ketones is 1. The molecule has 0 amide bonds. The number of nitrogens with zero attached hydrogens (tertiary/aromatic N) is 4. The maximum Gasteiger partial charge on any atom is 0.337 e. The van der Waals surface area contributed by atoms with Gasteiger partial charge in [-0.1, -0.05) is 11.8 Å². The van der Waals surface area contributed by atoms with E-state index in [0.717, 1.165) is 22.8 Å². The van der Waals surface area contributed by atoms with Gasteiger partial charge in [0, 0.05) is 22.6 Å². The van der Waals surface area contributed by atoms with Gasteiger partial charge in [0.2, 0.25) is 0 Å². The highest BCUT2D eigenvalue weighted by Gasteiger charge is 2.18. The van der Waals surface area contributed by atoms with Crippen LogP contribution >= 0.6 is 11.8 Å². The van der Waals surface area contributed by atoms with Gasteiger partial charge in [-0.15, -0.1) is 10.2 Å². The van der Waals surface area contributed by atoms with Gasteiger partial charge >= 0.3 is 5.97 Å². The molecule has 0 N–H and O–H groups in total. The SMILES string of the molecule is COC(=O)c1ccc(-n2c(C)cc(C(=O)CSc3nncn3Cc3ccco3)c2C)cc1. The molecule has 0 saturated heterocycles. The van der Waals surface area contributed by atoms with E-state index in [1.807, 2.05) is 53.3 Å². The van der Waals surface area contributed by atoms with Crippen molar-refractivity contribution < 1.29 is 18.7 Å². The molecular formula is C23H22N4O4S. The molecule has 0 spiro atoms. The summed E-state index contributed by atoms with van der Waals surface area (Å²) in [4.78, 5) is 24.7. The molecule has 1 aromatic carbocycles. The number of hydrogen-bond acceptors (Lipinski definition) is 7. The van der Waals surface area contributed by atoms with Crippen molar-refractivity contribution in [2.75, 3.05) is 12.9 Å². The minimum absolute atomic E-state index is 0.00748. The van der Waals surface area contributed by atoms with Gasteiger partial charge in [0.15, 0.2) is 10.9 Å². The van der Waals surface area contributed by atoms with Crippen molar-refractivity contribution in [1.82, 2.24) is 19.3 Å². The lowest BCUT2D eigenvalue weighted by molar-refractivity contribution is 0.0600. The van der Waals surface area contributed by atoms with E-state index in [2.05, 4.69) is 10.2 Å². The summed E-state index contributed by atoms with van der Waals surface area (Å²) in [6.45, 7) is 4.37. The Morgan fingerprint density at radius 2 is 1.94 bits per heavy atom. The zero-order chi connectivity index (χ0) is 22.7. The Morgan fingerprint density at radius 1 is 1.16 bits per heavy atom. The van der Waals surface area contributed by atoms with Crippen molar-refractivity contribution >= 4 is 23.5 Å². The van der Waals surface area contributed by atoms with Crippen LogP contribution in [0.2, 0.25) is 0 Å². The first kappa shape index (κ1) is 21.6. The second kappa shape index (κ2) is 9.27. The smallest absolute Gasteiger partial charge is 0.337 e. The highest BCUT2D eigenvalue weighted by atomic mass is 32.2. The van der Waals surface area contributed by atoms with Crippen LogP contribution in [0.15, 0.2) is 64.6 Å². The first-order valence-electron chi connectivity index (χ1n) is 9.92. The van der Waals surface area contributed by atoms with Crippen LogP contribution in [0.3, 0.4) is 0 Å². The van der Waals surface area contributed by atoms with Gasteiger partial charge in [0.05, 0.1) is 31.2 Å². The number of aromatic nitrogens is 4. The molecule has 3 heterocycles. The minimum atomic E-state index is -0.384. The van der Waals surface area contributed by atoms with Crippen LogP contribution in [0.1, 0.15) is 37.9 Å². The van der Waals surface area contributed by atoms with E-state index in [9.17, 15) is 9.59 Å². The molecule has 164 valence electrons. The Hall–Kier alpha value is -3.59. The molecule has 0 aliphatic rings. The minimum Gasteiger partial charge on any atom is -0.467 e. The molecule has 0 unspecified atom stereocenters. The number of rotatable bonds is 8. The molecule has 0 bridgehead atoms. The van der Waals surface area contributed by atoms with Crippen LogP contribution in [0.25, 0.3) is 5.69 Å². The van der Waals surface area contributed by atoms with Crippen LogP contribution in [0.4, 0.5) is 0 Å². The highest BCUT2D eigenvalue weighted by Crippen LogP contribution is 2.24. The molecule has 0 radical (unpaired) electrons. The third-order valence-corrected chi connectivity index (χ3v) is 6.08. The fourth-order valence-corrected chi connectivity index (χ4v) is 4.35. The van der Waals surface area contributed by atoms with E-state index < -0.39 is 0 Å². The molecule has 0 atom stereocenters. The second-order valence-electron chi connectivity index (χ2n) is 7.19. The van der Waals surface area contributed by atoms with Crippen molar-refractivity contribution in [3.8, 4) is 5.69 Å². The number of methoxy groups -OCH3 is 1. The molecular weight excluding hydrogens is 428 g/mol. The first-order chi connectivity index (χ1) is 15.5. The summed E-state index contributed by atoms with van der Waals surface area (Å²) in [6, 6.07) is 12.7. The van der Waals surface area contributed by atoms with Crippen LogP contribution in [-0.4, -0.2) is 43.9 Å². The highest BCUT2D eigenvalue weighted by molar-refractivity contribution is 7.99. The Morgan fingerprint density at radius 3 is 2.62 bits per heavy atom. The van der Waals surface area contributed by atoms with Crippen LogP contribution in [-0.2, 0) is 11.3 Å². The van der Waals surface area contributed by atoms with Gasteiger partial charge in [-0.2, -0.15) is 0 Å². The zero-order valence-electron chi connectivity index (χ0n) is 17.9. The lowest BCUT2D eigenvalue weighted by atomic mass is 10.2. The summed E-state index contributed by atoms with van der Waals surface area (Å²) in [5.41, 5.74) is 3.78. The summed E-state index contributed by atoms with van der Waals surface area (Å²) < 4.78 is 14.0. The lowest BCUT2D eigenvalue weighted by Gasteiger charge is -2.10. The van der Waals surface area contributed by atoms with Gasteiger partial charge < -0.3 is 18.3 Å². The van der Waals surface area contributed by atoms with E-state index in [-0.39, 0.29) is 17.5 Å². The number of benzene rings is 1. The van der Waals surface area contributed by atoms with Crippen molar-refractivity contribution in [2.45, 2.75) is 25.5 Å². The molecule has 3 aromatic heterocycles. The standard InChI is InChI=1S/C23H22N4O4S/c1-15-11-20(16(2)27(15)18-8-6-17(7-9-18)22(29)30-3)21(28)13-32-23-25-24-14-26(23)12-19-5-4-10-31-19/h4-11,14H,12-13H2,1-3H3. The quantitative estimate of drug-likeness (QED) is 0.227. The van der Waals surface area contributed by atoms with Crippen molar-refractivity contribution in [2.24, 2.45) is 0 Å². The number of furan rings is 1. The third kappa shape index (κ3) is 4.38. The summed E-state index contributed by atoms with van der Waals surface area (Å²) in [6.07, 6.45) is 3.24. The second-order valence-corrected chi connectivity index (χ2v) is 8.13. The van der Waals surface area contributed by atoms with Crippen molar-refractivity contribution in [3.63, 3.8) is 0 Å². The van der Waals surface area contributed by atoms with E-state index in [1.54, 1.807) is 24.7 Å². The Kier molecular flexibility index (Phi) is 6.27. The molecule has 0 fully saturated rings. The molecule has 0 aliphatic heterocycles. The normalized spacial score (nSPS) is 11.0. The van der Waals surface area contributed by atoms with E-state index in [4.69, 9.17) is 9.15 Å². The number of thioether (sulfide) groups is 1. The number of esters is 1. The fourth-order valence-electron chi connectivity index (χ4n) is 3.55.